The van der Waals surface area contributed by atoms with Crippen molar-refractivity contribution in [1.82, 2.24) is 25.2 Å². The van der Waals surface area contributed by atoms with Gasteiger partial charge in [0.1, 0.15) is 5.52 Å². The van der Waals surface area contributed by atoms with Gasteiger partial charge in [-0.15, -0.1) is 5.10 Å². The quantitative estimate of drug-likeness (QED) is 0.364. The summed E-state index contributed by atoms with van der Waals surface area (Å²) in [5, 5.41) is 19.3. The van der Waals surface area contributed by atoms with Crippen molar-refractivity contribution < 1.29 is 4.79 Å². The van der Waals surface area contributed by atoms with Gasteiger partial charge in [0.2, 0.25) is 0 Å². The molecule has 33 heavy (non-hydrogen) atoms. The Bertz CT molecular complexity index is 1440. The first kappa shape index (κ1) is 20.9. The number of carbonyl (C=O) groups is 1. The molecule has 0 radical (unpaired) electrons. The van der Waals surface area contributed by atoms with Crippen molar-refractivity contribution >= 4 is 34.4 Å². The highest BCUT2D eigenvalue weighted by Gasteiger charge is 2.17. The number of anilines is 1. The van der Waals surface area contributed by atoms with E-state index < -0.39 is 0 Å². The number of aryl methyl sites for hydroxylation is 3. The zero-order valence-electron chi connectivity index (χ0n) is 17.9. The van der Waals surface area contributed by atoms with Crippen LogP contribution in [0.15, 0.2) is 72.8 Å². The van der Waals surface area contributed by atoms with E-state index in [0.717, 1.165) is 28.8 Å². The van der Waals surface area contributed by atoms with E-state index in [2.05, 4.69) is 38.0 Å². The maximum Gasteiger partial charge on any atom is 0.256 e. The van der Waals surface area contributed by atoms with Crippen LogP contribution in [0.2, 0.25) is 5.02 Å². The fraction of sp³-hybridized carbons (Fsp3) is 0.120. The molecule has 164 valence electrons. The molecule has 7 nitrogen and oxygen atoms in total. The summed E-state index contributed by atoms with van der Waals surface area (Å²) in [5.74, 6) is 0.178. The first-order valence-corrected chi connectivity index (χ1v) is 11.0. The van der Waals surface area contributed by atoms with E-state index in [9.17, 15) is 4.79 Å². The van der Waals surface area contributed by atoms with Crippen molar-refractivity contribution in [2.45, 2.75) is 19.9 Å². The van der Waals surface area contributed by atoms with Gasteiger partial charge in [0.05, 0.1) is 5.52 Å². The average molecular weight is 457 g/mol. The minimum Gasteiger partial charge on any atom is -0.305 e. The van der Waals surface area contributed by atoms with E-state index in [0.29, 0.717) is 28.5 Å². The first-order chi connectivity index (χ1) is 16.1. The monoisotopic (exact) mass is 456 g/mol. The lowest BCUT2D eigenvalue weighted by atomic mass is 10.1. The minimum absolute atomic E-state index is 0.273. The molecule has 0 fully saturated rings. The second-order valence-corrected chi connectivity index (χ2v) is 8.22. The number of benzene rings is 3. The van der Waals surface area contributed by atoms with Crippen molar-refractivity contribution in [3.8, 4) is 11.1 Å². The lowest BCUT2D eigenvalue weighted by molar-refractivity contribution is 0.102. The highest BCUT2D eigenvalue weighted by molar-refractivity contribution is 6.30. The van der Waals surface area contributed by atoms with E-state index in [-0.39, 0.29) is 5.91 Å². The molecule has 0 unspecified atom stereocenters. The molecule has 2 aromatic heterocycles. The van der Waals surface area contributed by atoms with Crippen LogP contribution < -0.4 is 5.32 Å². The van der Waals surface area contributed by atoms with Gasteiger partial charge < -0.3 is 5.32 Å². The van der Waals surface area contributed by atoms with Gasteiger partial charge in [0.15, 0.2) is 5.82 Å². The fourth-order valence-electron chi connectivity index (χ4n) is 3.85. The van der Waals surface area contributed by atoms with Crippen molar-refractivity contribution in [3.63, 3.8) is 0 Å². The molecular weight excluding hydrogens is 436 g/mol. The molecule has 5 aromatic rings. The van der Waals surface area contributed by atoms with Crippen LogP contribution in [0.1, 0.15) is 21.6 Å². The molecule has 3 aromatic carbocycles. The predicted molar refractivity (Wildman–Crippen MR) is 129 cm³/mol. The van der Waals surface area contributed by atoms with Crippen LogP contribution in [0.25, 0.3) is 22.2 Å². The topological polar surface area (TPSA) is 88.5 Å². The number of halogens is 1. The molecule has 0 aliphatic carbocycles. The third-order valence-corrected chi connectivity index (χ3v) is 5.76. The van der Waals surface area contributed by atoms with Gasteiger partial charge in [0.25, 0.3) is 5.91 Å². The summed E-state index contributed by atoms with van der Waals surface area (Å²) in [6, 6.07) is 23.1. The Hall–Kier alpha value is -3.97. The van der Waals surface area contributed by atoms with Crippen LogP contribution in [0.3, 0.4) is 0 Å². The number of amides is 1. The highest BCUT2D eigenvalue weighted by atomic mass is 35.5. The van der Waals surface area contributed by atoms with Crippen LogP contribution in [0.4, 0.5) is 5.82 Å². The van der Waals surface area contributed by atoms with E-state index in [1.807, 2.05) is 54.1 Å². The molecule has 0 saturated heterocycles. The number of carbonyl (C=O) groups excluding carboxylic acids is 1. The Labute approximate surface area is 195 Å². The summed E-state index contributed by atoms with van der Waals surface area (Å²) in [4.78, 5) is 13.0. The van der Waals surface area contributed by atoms with Crippen LogP contribution in [-0.2, 0) is 13.0 Å². The molecular formula is C25H21ClN6O. The normalized spacial score (nSPS) is 11.1. The summed E-state index contributed by atoms with van der Waals surface area (Å²) in [6.07, 6.45) is 0.853. The van der Waals surface area contributed by atoms with Crippen molar-refractivity contribution in [2.75, 3.05) is 5.32 Å². The van der Waals surface area contributed by atoms with Crippen molar-refractivity contribution in [2.24, 2.45) is 0 Å². The maximum atomic E-state index is 13.0. The summed E-state index contributed by atoms with van der Waals surface area (Å²) in [5.41, 5.74) is 5.79. The maximum absolute atomic E-state index is 13.0. The van der Waals surface area contributed by atoms with Gasteiger partial charge in [-0.25, -0.2) is 4.68 Å². The Kier molecular flexibility index (Phi) is 5.62. The Morgan fingerprint density at radius 2 is 1.91 bits per heavy atom. The largest absolute Gasteiger partial charge is 0.305 e. The second kappa shape index (κ2) is 8.88. The number of H-pyrrole nitrogens is 1. The lowest BCUT2D eigenvalue weighted by Crippen LogP contribution is -2.13. The zero-order chi connectivity index (χ0) is 22.8. The summed E-state index contributed by atoms with van der Waals surface area (Å²) in [7, 11) is 0. The standard InChI is InChI=1S/C25H21ClN6O/c1-16-23(18-8-5-9-20(26)14-18)24(30-28-16)27-25(33)19-10-11-22-21(15-19)29-31-32(22)13-12-17-6-3-2-4-7-17/h2-11,14-15H,12-13H2,1H3,(H2,27,28,30,33). The van der Waals surface area contributed by atoms with Gasteiger partial charge >= 0.3 is 0 Å². The smallest absolute Gasteiger partial charge is 0.256 e. The summed E-state index contributed by atoms with van der Waals surface area (Å²) >= 11 is 6.15. The minimum atomic E-state index is -0.273. The molecule has 0 bridgehead atoms. The average Bonchev–Trinajstić information content (AvgIpc) is 3.40. The van der Waals surface area contributed by atoms with Gasteiger partial charge in [-0.05, 0) is 54.8 Å². The van der Waals surface area contributed by atoms with E-state index in [1.165, 1.54) is 5.56 Å². The summed E-state index contributed by atoms with van der Waals surface area (Å²) < 4.78 is 1.86. The predicted octanol–water partition coefficient (Wildman–Crippen LogP) is 5.28. The fourth-order valence-corrected chi connectivity index (χ4v) is 4.05. The van der Waals surface area contributed by atoms with E-state index >= 15 is 0 Å². The number of nitrogens with one attached hydrogen (secondary N) is 2. The first-order valence-electron chi connectivity index (χ1n) is 10.6. The molecule has 0 aliphatic rings. The van der Waals surface area contributed by atoms with Crippen LogP contribution in [0.5, 0.6) is 0 Å². The number of nitrogens with zero attached hydrogens (tertiary/aromatic N) is 4. The molecule has 0 saturated carbocycles. The molecule has 1 amide bonds. The third-order valence-electron chi connectivity index (χ3n) is 5.52. The molecule has 0 aliphatic heterocycles. The number of hydrogen-bond acceptors (Lipinski definition) is 4. The van der Waals surface area contributed by atoms with Crippen LogP contribution >= 0.6 is 11.6 Å². The van der Waals surface area contributed by atoms with Crippen LogP contribution in [0, 0.1) is 6.92 Å². The lowest BCUT2D eigenvalue weighted by Gasteiger charge is -2.07. The number of aromatic nitrogens is 5. The molecule has 8 heteroatoms. The van der Waals surface area contributed by atoms with Crippen LogP contribution in [-0.4, -0.2) is 31.1 Å². The number of fused-ring (bicyclic) bond motifs is 1. The number of rotatable bonds is 6. The Morgan fingerprint density at radius 3 is 2.73 bits per heavy atom. The summed E-state index contributed by atoms with van der Waals surface area (Å²) in [6.45, 7) is 2.61. The van der Waals surface area contributed by atoms with Gasteiger partial charge in [-0.3, -0.25) is 9.89 Å². The van der Waals surface area contributed by atoms with Gasteiger partial charge in [0, 0.05) is 28.4 Å². The molecule has 0 atom stereocenters. The number of aromatic amines is 1. The van der Waals surface area contributed by atoms with E-state index in [4.69, 9.17) is 11.6 Å². The second-order valence-electron chi connectivity index (χ2n) is 7.79. The van der Waals surface area contributed by atoms with Crippen molar-refractivity contribution in [1.29, 1.82) is 0 Å². The Morgan fingerprint density at radius 1 is 1.06 bits per heavy atom. The third kappa shape index (κ3) is 4.36. The molecule has 0 spiro atoms. The van der Waals surface area contributed by atoms with E-state index in [1.54, 1.807) is 18.2 Å². The molecule has 5 rings (SSSR count). The molecule has 2 N–H and O–H groups in total. The van der Waals surface area contributed by atoms with Crippen molar-refractivity contribution in [3.05, 3.63) is 94.6 Å². The molecule has 2 heterocycles. The van der Waals surface area contributed by atoms with Gasteiger partial charge in [-0.2, -0.15) is 5.10 Å². The Balaban J connectivity index is 1.36. The van der Waals surface area contributed by atoms with Gasteiger partial charge in [-0.1, -0.05) is 59.3 Å². The number of hydrogen-bond donors (Lipinski definition) is 2. The highest BCUT2D eigenvalue weighted by Crippen LogP contribution is 2.31. The SMILES string of the molecule is Cc1[nH]nc(NC(=O)c2ccc3c(c2)nnn3CCc2ccccc2)c1-c1cccc(Cl)c1. The zero-order valence-corrected chi connectivity index (χ0v) is 18.7.